The zero-order chi connectivity index (χ0) is 14.8. The molecule has 1 fully saturated rings. The number of benzene rings is 1. The smallest absolute Gasteiger partial charge is 0.150 e. The van der Waals surface area contributed by atoms with E-state index in [0.717, 1.165) is 37.2 Å². The summed E-state index contributed by atoms with van der Waals surface area (Å²) < 4.78 is 11.3. The van der Waals surface area contributed by atoms with Crippen molar-refractivity contribution in [3.63, 3.8) is 0 Å². The van der Waals surface area contributed by atoms with Gasteiger partial charge < -0.3 is 9.47 Å². The fraction of sp³-hybridized carbons (Fsp3) is 0.562. The summed E-state index contributed by atoms with van der Waals surface area (Å²) in [6.45, 7) is 8.82. The molecule has 1 unspecified atom stereocenters. The van der Waals surface area contributed by atoms with Crippen LogP contribution in [0.25, 0.3) is 0 Å². The summed E-state index contributed by atoms with van der Waals surface area (Å²) in [6.07, 6.45) is 1.08. The number of ether oxygens (including phenoxy) is 2. The van der Waals surface area contributed by atoms with Crippen molar-refractivity contribution in [2.24, 2.45) is 0 Å². The van der Waals surface area contributed by atoms with Gasteiger partial charge in [-0.2, -0.15) is 0 Å². The number of methoxy groups -OCH3 is 1. The molecule has 0 saturated carbocycles. The number of aldehydes is 1. The van der Waals surface area contributed by atoms with Gasteiger partial charge in [-0.05, 0) is 39.0 Å². The van der Waals surface area contributed by atoms with E-state index in [-0.39, 0.29) is 11.7 Å². The molecule has 4 heteroatoms. The van der Waals surface area contributed by atoms with E-state index in [0.29, 0.717) is 5.56 Å². The van der Waals surface area contributed by atoms with Gasteiger partial charge in [0.15, 0.2) is 0 Å². The van der Waals surface area contributed by atoms with E-state index < -0.39 is 0 Å². The van der Waals surface area contributed by atoms with Crippen LogP contribution in [0.2, 0.25) is 0 Å². The van der Waals surface area contributed by atoms with Gasteiger partial charge in [0.2, 0.25) is 0 Å². The van der Waals surface area contributed by atoms with Crippen molar-refractivity contribution in [3.8, 4) is 5.75 Å². The zero-order valence-corrected chi connectivity index (χ0v) is 12.7. The van der Waals surface area contributed by atoms with Crippen molar-refractivity contribution in [2.75, 3.05) is 20.2 Å². The normalized spacial score (nSPS) is 22.5. The van der Waals surface area contributed by atoms with Crippen molar-refractivity contribution in [3.05, 3.63) is 29.3 Å². The maximum atomic E-state index is 10.9. The average molecular weight is 277 g/mol. The molecule has 0 N–H and O–H groups in total. The molecule has 1 aromatic rings. The van der Waals surface area contributed by atoms with Crippen LogP contribution in [0.5, 0.6) is 5.75 Å². The highest BCUT2D eigenvalue weighted by molar-refractivity contribution is 5.75. The standard InChI is InChI=1S/C16H23NO3/c1-12-8-17(11-16(2,3)20-12)9-14-7-13(10-18)5-6-15(14)19-4/h5-7,10,12H,8-9,11H2,1-4H3. The highest BCUT2D eigenvalue weighted by atomic mass is 16.5. The fourth-order valence-corrected chi connectivity index (χ4v) is 2.94. The predicted molar refractivity (Wildman–Crippen MR) is 78.3 cm³/mol. The maximum absolute atomic E-state index is 10.9. The lowest BCUT2D eigenvalue weighted by Crippen LogP contribution is -2.51. The van der Waals surface area contributed by atoms with E-state index in [4.69, 9.17) is 9.47 Å². The number of hydrogen-bond acceptors (Lipinski definition) is 4. The summed E-state index contributed by atoms with van der Waals surface area (Å²) in [5, 5.41) is 0. The second-order valence-electron chi connectivity index (χ2n) is 6.05. The molecule has 2 rings (SSSR count). The van der Waals surface area contributed by atoms with Crippen LogP contribution in [0, 0.1) is 0 Å². The van der Waals surface area contributed by atoms with Gasteiger partial charge in [0, 0.05) is 30.8 Å². The van der Waals surface area contributed by atoms with Gasteiger partial charge in [0.1, 0.15) is 12.0 Å². The minimum atomic E-state index is -0.146. The summed E-state index contributed by atoms with van der Waals surface area (Å²) >= 11 is 0. The van der Waals surface area contributed by atoms with Crippen LogP contribution in [-0.2, 0) is 11.3 Å². The number of carbonyl (C=O) groups is 1. The Morgan fingerprint density at radius 3 is 2.85 bits per heavy atom. The van der Waals surface area contributed by atoms with E-state index in [2.05, 4.69) is 25.7 Å². The SMILES string of the molecule is COc1ccc(C=O)cc1CN1CC(C)OC(C)(C)C1. The Hall–Kier alpha value is -1.39. The topological polar surface area (TPSA) is 38.8 Å². The van der Waals surface area contributed by atoms with Gasteiger partial charge in [0.05, 0.1) is 18.8 Å². The number of carbonyl (C=O) groups excluding carboxylic acids is 1. The third-order valence-electron chi connectivity index (χ3n) is 3.47. The second-order valence-corrected chi connectivity index (χ2v) is 6.05. The lowest BCUT2D eigenvalue weighted by atomic mass is 10.0. The summed E-state index contributed by atoms with van der Waals surface area (Å²) in [6, 6.07) is 5.54. The molecule has 20 heavy (non-hydrogen) atoms. The first-order valence-electron chi connectivity index (χ1n) is 6.96. The Balaban J connectivity index is 2.18. The molecule has 1 heterocycles. The third kappa shape index (κ3) is 3.58. The van der Waals surface area contributed by atoms with Crippen LogP contribution in [-0.4, -0.2) is 43.1 Å². The largest absolute Gasteiger partial charge is 0.496 e. The molecule has 0 aliphatic carbocycles. The van der Waals surface area contributed by atoms with Gasteiger partial charge in [-0.25, -0.2) is 0 Å². The molecule has 1 atom stereocenters. The van der Waals surface area contributed by atoms with Crippen LogP contribution in [0.15, 0.2) is 18.2 Å². The molecule has 110 valence electrons. The fourth-order valence-electron chi connectivity index (χ4n) is 2.94. The first-order valence-corrected chi connectivity index (χ1v) is 6.96. The van der Waals surface area contributed by atoms with E-state index in [1.54, 1.807) is 13.2 Å². The van der Waals surface area contributed by atoms with Crippen LogP contribution >= 0.6 is 0 Å². The van der Waals surface area contributed by atoms with Gasteiger partial charge in [-0.3, -0.25) is 9.69 Å². The van der Waals surface area contributed by atoms with Crippen LogP contribution in [0.4, 0.5) is 0 Å². The second kappa shape index (κ2) is 5.94. The Morgan fingerprint density at radius 1 is 1.50 bits per heavy atom. The number of hydrogen-bond donors (Lipinski definition) is 0. The monoisotopic (exact) mass is 277 g/mol. The Labute approximate surface area is 120 Å². The zero-order valence-electron chi connectivity index (χ0n) is 12.7. The molecule has 0 radical (unpaired) electrons. The first kappa shape index (κ1) is 15.0. The Bertz CT molecular complexity index is 485. The van der Waals surface area contributed by atoms with E-state index in [1.807, 2.05) is 12.1 Å². The van der Waals surface area contributed by atoms with Crippen molar-refractivity contribution < 1.29 is 14.3 Å². The van der Waals surface area contributed by atoms with Crippen molar-refractivity contribution in [1.82, 2.24) is 4.90 Å². The Morgan fingerprint density at radius 2 is 2.25 bits per heavy atom. The molecule has 1 aliphatic heterocycles. The minimum Gasteiger partial charge on any atom is -0.496 e. The Kier molecular flexibility index (Phi) is 4.45. The van der Waals surface area contributed by atoms with Crippen LogP contribution in [0.1, 0.15) is 36.7 Å². The molecule has 1 aromatic carbocycles. The lowest BCUT2D eigenvalue weighted by molar-refractivity contribution is -0.130. The number of nitrogens with zero attached hydrogens (tertiary/aromatic N) is 1. The highest BCUT2D eigenvalue weighted by Gasteiger charge is 2.31. The number of rotatable bonds is 4. The third-order valence-corrected chi connectivity index (χ3v) is 3.47. The van der Waals surface area contributed by atoms with Crippen LogP contribution in [0.3, 0.4) is 0 Å². The summed E-state index contributed by atoms with van der Waals surface area (Å²) in [5.41, 5.74) is 1.58. The van der Waals surface area contributed by atoms with Gasteiger partial charge in [0.25, 0.3) is 0 Å². The molecular weight excluding hydrogens is 254 g/mol. The lowest BCUT2D eigenvalue weighted by Gasteiger charge is -2.41. The van der Waals surface area contributed by atoms with E-state index in [1.165, 1.54) is 0 Å². The van der Waals surface area contributed by atoms with Crippen molar-refractivity contribution in [1.29, 1.82) is 0 Å². The first-order chi connectivity index (χ1) is 9.43. The molecule has 0 spiro atoms. The van der Waals surface area contributed by atoms with E-state index >= 15 is 0 Å². The predicted octanol–water partition coefficient (Wildman–Crippen LogP) is 2.51. The van der Waals surface area contributed by atoms with Gasteiger partial charge >= 0.3 is 0 Å². The molecule has 0 aromatic heterocycles. The van der Waals surface area contributed by atoms with Gasteiger partial charge in [-0.15, -0.1) is 0 Å². The summed E-state index contributed by atoms with van der Waals surface area (Å²) in [4.78, 5) is 13.3. The summed E-state index contributed by atoms with van der Waals surface area (Å²) in [7, 11) is 1.66. The summed E-state index contributed by atoms with van der Waals surface area (Å²) in [5.74, 6) is 0.826. The average Bonchev–Trinajstić information content (AvgIpc) is 2.36. The molecular formula is C16H23NO3. The van der Waals surface area contributed by atoms with E-state index in [9.17, 15) is 4.79 Å². The molecule has 1 saturated heterocycles. The maximum Gasteiger partial charge on any atom is 0.150 e. The molecule has 0 amide bonds. The van der Waals surface area contributed by atoms with Crippen molar-refractivity contribution in [2.45, 2.75) is 39.0 Å². The van der Waals surface area contributed by atoms with Gasteiger partial charge in [-0.1, -0.05) is 0 Å². The quantitative estimate of drug-likeness (QED) is 0.793. The minimum absolute atomic E-state index is 0.146. The van der Waals surface area contributed by atoms with Crippen molar-refractivity contribution >= 4 is 6.29 Å². The number of morpholine rings is 1. The molecule has 4 nitrogen and oxygen atoms in total. The van der Waals surface area contributed by atoms with Crippen LogP contribution < -0.4 is 4.74 Å². The highest BCUT2D eigenvalue weighted by Crippen LogP contribution is 2.26. The molecule has 0 bridgehead atoms. The molecule has 1 aliphatic rings.